The van der Waals surface area contributed by atoms with E-state index >= 15 is 0 Å². The Bertz CT molecular complexity index is 449. The number of amides is 1. The number of hydrogen-bond donors (Lipinski definition) is 1. The monoisotopic (exact) mass is 261 g/mol. The lowest BCUT2D eigenvalue weighted by molar-refractivity contribution is -0.0978. The summed E-state index contributed by atoms with van der Waals surface area (Å²) in [4.78, 5) is 11.9. The first-order valence-corrected chi connectivity index (χ1v) is 6.33. The molecule has 1 heterocycles. The zero-order valence-corrected chi connectivity index (χ0v) is 11.1. The molecule has 1 aromatic rings. The predicted octanol–water partition coefficient (Wildman–Crippen LogP) is 2.02. The minimum atomic E-state index is -0.0663. The van der Waals surface area contributed by atoms with Crippen LogP contribution in [0.15, 0.2) is 36.9 Å². The SMILES string of the molecule is C=CCOc1ccc(C(=O)NCC2(C)COC2)cc1. The number of benzene rings is 1. The Balaban J connectivity index is 1.86. The minimum Gasteiger partial charge on any atom is -0.490 e. The Morgan fingerprint density at radius 1 is 1.47 bits per heavy atom. The van der Waals surface area contributed by atoms with Crippen LogP contribution >= 0.6 is 0 Å². The quantitative estimate of drug-likeness (QED) is 0.797. The van der Waals surface area contributed by atoms with Gasteiger partial charge in [0.05, 0.1) is 13.2 Å². The van der Waals surface area contributed by atoms with E-state index in [9.17, 15) is 4.79 Å². The molecule has 2 rings (SSSR count). The average molecular weight is 261 g/mol. The van der Waals surface area contributed by atoms with Gasteiger partial charge in [0.25, 0.3) is 5.91 Å². The summed E-state index contributed by atoms with van der Waals surface area (Å²) in [5.41, 5.74) is 0.720. The third-order valence-corrected chi connectivity index (χ3v) is 3.06. The standard InChI is InChI=1S/C15H19NO3/c1-3-8-19-13-6-4-12(5-7-13)14(17)16-9-15(2)10-18-11-15/h3-7H,1,8-11H2,2H3,(H,16,17). The molecule has 0 aliphatic carbocycles. The van der Waals surface area contributed by atoms with Crippen molar-refractivity contribution < 1.29 is 14.3 Å². The maximum Gasteiger partial charge on any atom is 0.251 e. The molecule has 4 nitrogen and oxygen atoms in total. The number of rotatable bonds is 6. The first-order chi connectivity index (χ1) is 9.13. The number of nitrogens with one attached hydrogen (secondary N) is 1. The normalized spacial score (nSPS) is 16.3. The molecule has 1 amide bonds. The number of ether oxygens (including phenoxy) is 2. The molecule has 4 heteroatoms. The van der Waals surface area contributed by atoms with Gasteiger partial charge in [-0.15, -0.1) is 0 Å². The van der Waals surface area contributed by atoms with Crippen LogP contribution in [-0.2, 0) is 4.74 Å². The van der Waals surface area contributed by atoms with E-state index in [1.54, 1.807) is 30.3 Å². The van der Waals surface area contributed by atoms with E-state index in [-0.39, 0.29) is 11.3 Å². The number of carbonyl (C=O) groups is 1. The van der Waals surface area contributed by atoms with Gasteiger partial charge in [0, 0.05) is 17.5 Å². The van der Waals surface area contributed by atoms with Crippen LogP contribution in [0.3, 0.4) is 0 Å². The summed E-state index contributed by atoms with van der Waals surface area (Å²) in [6, 6.07) is 7.08. The van der Waals surface area contributed by atoms with Crippen LogP contribution in [0.1, 0.15) is 17.3 Å². The molecule has 102 valence electrons. The molecular formula is C15H19NO3. The lowest BCUT2D eigenvalue weighted by Crippen LogP contribution is -2.48. The maximum atomic E-state index is 11.9. The molecular weight excluding hydrogens is 242 g/mol. The first kappa shape index (κ1) is 13.6. The van der Waals surface area contributed by atoms with Crippen molar-refractivity contribution >= 4 is 5.91 Å². The van der Waals surface area contributed by atoms with Gasteiger partial charge in [0.1, 0.15) is 12.4 Å². The van der Waals surface area contributed by atoms with E-state index < -0.39 is 0 Å². The molecule has 1 N–H and O–H groups in total. The van der Waals surface area contributed by atoms with Crippen LogP contribution in [0.25, 0.3) is 0 Å². The number of hydrogen-bond acceptors (Lipinski definition) is 3. The topological polar surface area (TPSA) is 47.6 Å². The second-order valence-corrected chi connectivity index (χ2v) is 5.11. The molecule has 0 aromatic heterocycles. The van der Waals surface area contributed by atoms with Crippen molar-refractivity contribution in [2.75, 3.05) is 26.4 Å². The van der Waals surface area contributed by atoms with Crippen LogP contribution < -0.4 is 10.1 Å². The van der Waals surface area contributed by atoms with Crippen LogP contribution in [0.5, 0.6) is 5.75 Å². The van der Waals surface area contributed by atoms with Crippen molar-refractivity contribution in [3.8, 4) is 5.75 Å². The largest absolute Gasteiger partial charge is 0.490 e. The van der Waals surface area contributed by atoms with Gasteiger partial charge in [-0.05, 0) is 24.3 Å². The van der Waals surface area contributed by atoms with Gasteiger partial charge in [-0.1, -0.05) is 19.6 Å². The van der Waals surface area contributed by atoms with E-state index in [0.717, 1.165) is 5.75 Å². The zero-order chi connectivity index (χ0) is 13.7. The molecule has 1 saturated heterocycles. The lowest BCUT2D eigenvalue weighted by atomic mass is 9.88. The van der Waals surface area contributed by atoms with Crippen LogP contribution in [0.4, 0.5) is 0 Å². The van der Waals surface area contributed by atoms with E-state index in [0.29, 0.717) is 31.9 Å². The first-order valence-electron chi connectivity index (χ1n) is 6.33. The number of carbonyl (C=O) groups excluding carboxylic acids is 1. The fraction of sp³-hybridized carbons (Fsp3) is 0.400. The highest BCUT2D eigenvalue weighted by atomic mass is 16.5. The van der Waals surface area contributed by atoms with Crippen molar-refractivity contribution in [1.29, 1.82) is 0 Å². The summed E-state index contributed by atoms with van der Waals surface area (Å²) in [5.74, 6) is 0.666. The van der Waals surface area contributed by atoms with Gasteiger partial charge in [0.15, 0.2) is 0 Å². The molecule has 1 aliphatic rings. The molecule has 0 bridgehead atoms. The second kappa shape index (κ2) is 5.89. The Morgan fingerprint density at radius 3 is 2.68 bits per heavy atom. The third kappa shape index (κ3) is 3.58. The molecule has 0 spiro atoms. The Morgan fingerprint density at radius 2 is 2.16 bits per heavy atom. The van der Waals surface area contributed by atoms with Gasteiger partial charge >= 0.3 is 0 Å². The smallest absolute Gasteiger partial charge is 0.251 e. The summed E-state index contributed by atoms with van der Waals surface area (Å²) in [6.07, 6.45) is 1.68. The van der Waals surface area contributed by atoms with Crippen molar-refractivity contribution in [1.82, 2.24) is 5.32 Å². The predicted molar refractivity (Wildman–Crippen MR) is 73.4 cm³/mol. The van der Waals surface area contributed by atoms with Crippen LogP contribution in [0, 0.1) is 5.41 Å². The molecule has 0 unspecified atom stereocenters. The zero-order valence-electron chi connectivity index (χ0n) is 11.1. The van der Waals surface area contributed by atoms with Crippen molar-refractivity contribution in [3.63, 3.8) is 0 Å². The molecule has 19 heavy (non-hydrogen) atoms. The maximum absolute atomic E-state index is 11.9. The highest BCUT2D eigenvalue weighted by Crippen LogP contribution is 2.25. The van der Waals surface area contributed by atoms with Crippen molar-refractivity contribution in [2.45, 2.75) is 6.92 Å². The summed E-state index contributed by atoms with van der Waals surface area (Å²) in [5, 5.41) is 2.93. The Labute approximate surface area is 113 Å². The van der Waals surface area contributed by atoms with Crippen LogP contribution in [-0.4, -0.2) is 32.3 Å². The Kier molecular flexibility index (Phi) is 4.22. The van der Waals surface area contributed by atoms with Crippen LogP contribution in [0.2, 0.25) is 0 Å². The van der Waals surface area contributed by atoms with Crippen molar-refractivity contribution in [3.05, 3.63) is 42.5 Å². The third-order valence-electron chi connectivity index (χ3n) is 3.06. The fourth-order valence-electron chi connectivity index (χ4n) is 1.81. The molecule has 0 atom stereocenters. The summed E-state index contributed by atoms with van der Waals surface area (Å²) < 4.78 is 10.5. The lowest BCUT2D eigenvalue weighted by Gasteiger charge is -2.38. The average Bonchev–Trinajstić information content (AvgIpc) is 2.41. The summed E-state index contributed by atoms with van der Waals surface area (Å²) in [6.45, 7) is 8.20. The van der Waals surface area contributed by atoms with Gasteiger partial charge in [-0.25, -0.2) is 0 Å². The molecule has 1 aliphatic heterocycles. The van der Waals surface area contributed by atoms with E-state index in [2.05, 4.69) is 18.8 Å². The van der Waals surface area contributed by atoms with Crippen molar-refractivity contribution in [2.24, 2.45) is 5.41 Å². The summed E-state index contributed by atoms with van der Waals surface area (Å²) >= 11 is 0. The molecule has 1 aromatic carbocycles. The van der Waals surface area contributed by atoms with E-state index in [1.165, 1.54) is 0 Å². The fourth-order valence-corrected chi connectivity index (χ4v) is 1.81. The van der Waals surface area contributed by atoms with Gasteiger partial charge < -0.3 is 14.8 Å². The minimum absolute atomic E-state index is 0.0663. The van der Waals surface area contributed by atoms with Gasteiger partial charge in [-0.3, -0.25) is 4.79 Å². The van der Waals surface area contributed by atoms with E-state index in [1.807, 2.05) is 0 Å². The highest BCUT2D eigenvalue weighted by molar-refractivity contribution is 5.94. The van der Waals surface area contributed by atoms with E-state index in [4.69, 9.17) is 9.47 Å². The second-order valence-electron chi connectivity index (χ2n) is 5.11. The Hall–Kier alpha value is -1.81. The highest BCUT2D eigenvalue weighted by Gasteiger charge is 2.33. The molecule has 1 fully saturated rings. The van der Waals surface area contributed by atoms with Gasteiger partial charge in [0.2, 0.25) is 0 Å². The summed E-state index contributed by atoms with van der Waals surface area (Å²) in [7, 11) is 0. The molecule has 0 radical (unpaired) electrons. The van der Waals surface area contributed by atoms with Gasteiger partial charge in [-0.2, -0.15) is 0 Å². The molecule has 0 saturated carbocycles.